The number of nitrogens with two attached hydrogens (primary N) is 1. The summed E-state index contributed by atoms with van der Waals surface area (Å²) < 4.78 is 0. The van der Waals surface area contributed by atoms with Gasteiger partial charge in [-0.3, -0.25) is 4.90 Å². The minimum Gasteiger partial charge on any atom is -0.328 e. The van der Waals surface area contributed by atoms with E-state index in [9.17, 15) is 0 Å². The molecule has 2 aliphatic heterocycles. The van der Waals surface area contributed by atoms with Crippen LogP contribution in [-0.2, 0) is 0 Å². The second-order valence-electron chi connectivity index (χ2n) is 5.41. The molecule has 0 aromatic carbocycles. The molecular weight excluding hydrogens is 216 g/mol. The van der Waals surface area contributed by atoms with Gasteiger partial charge in [0, 0.05) is 18.1 Å². The summed E-state index contributed by atoms with van der Waals surface area (Å²) >= 11 is 1.97. The van der Waals surface area contributed by atoms with Crippen molar-refractivity contribution in [1.82, 2.24) is 4.90 Å². The topological polar surface area (TPSA) is 29.3 Å². The highest BCUT2D eigenvalue weighted by molar-refractivity contribution is 7.98. The minimum absolute atomic E-state index is 0.484. The summed E-state index contributed by atoms with van der Waals surface area (Å²) in [6.45, 7) is 1.32. The molecule has 2 nitrogen and oxygen atoms in total. The molecule has 0 aromatic rings. The molecule has 94 valence electrons. The van der Waals surface area contributed by atoms with Gasteiger partial charge in [-0.25, -0.2) is 0 Å². The standard InChI is InChI=1S/C13H26N2S/c1-16-8-3-2-7-15-12-5-4-6-13(15)10-11(14)9-12/h11-13H,2-10,14H2,1H3. The van der Waals surface area contributed by atoms with Crippen molar-refractivity contribution in [3.63, 3.8) is 0 Å². The molecule has 2 N–H and O–H groups in total. The SMILES string of the molecule is CSCCCCN1C2CCCC1CC(N)C2. The third-order valence-corrected chi connectivity index (χ3v) is 4.87. The molecule has 2 unspecified atom stereocenters. The van der Waals surface area contributed by atoms with Crippen LogP contribution in [0.25, 0.3) is 0 Å². The van der Waals surface area contributed by atoms with Gasteiger partial charge in [-0.1, -0.05) is 6.42 Å². The largest absolute Gasteiger partial charge is 0.328 e. The van der Waals surface area contributed by atoms with Crippen molar-refractivity contribution in [3.05, 3.63) is 0 Å². The molecule has 0 radical (unpaired) electrons. The van der Waals surface area contributed by atoms with E-state index in [1.54, 1.807) is 0 Å². The first kappa shape index (κ1) is 12.7. The Morgan fingerprint density at radius 1 is 1.19 bits per heavy atom. The van der Waals surface area contributed by atoms with Crippen LogP contribution in [-0.4, -0.2) is 41.6 Å². The third kappa shape index (κ3) is 3.14. The molecule has 2 heterocycles. The van der Waals surface area contributed by atoms with E-state index in [-0.39, 0.29) is 0 Å². The van der Waals surface area contributed by atoms with Crippen LogP contribution in [0.15, 0.2) is 0 Å². The van der Waals surface area contributed by atoms with E-state index in [4.69, 9.17) is 5.73 Å². The molecule has 2 saturated heterocycles. The van der Waals surface area contributed by atoms with Gasteiger partial charge in [0.05, 0.1) is 0 Å². The van der Waals surface area contributed by atoms with Crippen molar-refractivity contribution in [2.45, 2.75) is 63.1 Å². The summed E-state index contributed by atoms with van der Waals surface area (Å²) in [4.78, 5) is 2.78. The van der Waals surface area contributed by atoms with Crippen LogP contribution in [0.5, 0.6) is 0 Å². The Morgan fingerprint density at radius 3 is 2.50 bits per heavy atom. The number of unbranched alkanes of at least 4 members (excludes halogenated alkanes) is 1. The molecule has 2 fully saturated rings. The highest BCUT2D eigenvalue weighted by Crippen LogP contribution is 2.33. The molecule has 2 atom stereocenters. The van der Waals surface area contributed by atoms with Crippen LogP contribution in [0, 0.1) is 0 Å². The number of piperidine rings is 2. The van der Waals surface area contributed by atoms with Crippen LogP contribution in [0.3, 0.4) is 0 Å². The summed E-state index contributed by atoms with van der Waals surface area (Å²) in [7, 11) is 0. The number of rotatable bonds is 5. The van der Waals surface area contributed by atoms with Gasteiger partial charge in [0.1, 0.15) is 0 Å². The first-order chi connectivity index (χ1) is 7.81. The normalized spacial score (nSPS) is 35.2. The average Bonchev–Trinajstić information content (AvgIpc) is 2.25. The number of hydrogen-bond donors (Lipinski definition) is 1. The van der Waals surface area contributed by atoms with Crippen molar-refractivity contribution in [1.29, 1.82) is 0 Å². The first-order valence-corrected chi connectivity index (χ1v) is 8.21. The predicted molar refractivity (Wildman–Crippen MR) is 73.0 cm³/mol. The van der Waals surface area contributed by atoms with Gasteiger partial charge in [-0.15, -0.1) is 0 Å². The fourth-order valence-corrected chi connectivity index (χ4v) is 3.92. The lowest BCUT2D eigenvalue weighted by molar-refractivity contribution is 0.0307. The smallest absolute Gasteiger partial charge is 0.0113 e. The zero-order chi connectivity index (χ0) is 11.4. The van der Waals surface area contributed by atoms with Crippen molar-refractivity contribution >= 4 is 11.8 Å². The van der Waals surface area contributed by atoms with Crippen LogP contribution in [0.1, 0.15) is 44.9 Å². The van der Waals surface area contributed by atoms with Crippen LogP contribution in [0.4, 0.5) is 0 Å². The maximum Gasteiger partial charge on any atom is 0.0113 e. The number of fused-ring (bicyclic) bond motifs is 2. The van der Waals surface area contributed by atoms with Crippen molar-refractivity contribution in [2.75, 3.05) is 18.6 Å². The van der Waals surface area contributed by atoms with Gasteiger partial charge < -0.3 is 5.73 Å². The van der Waals surface area contributed by atoms with Gasteiger partial charge in [-0.05, 0) is 57.1 Å². The zero-order valence-corrected chi connectivity index (χ0v) is 11.3. The van der Waals surface area contributed by atoms with Gasteiger partial charge in [0.15, 0.2) is 0 Å². The quantitative estimate of drug-likeness (QED) is 0.751. The third-order valence-electron chi connectivity index (χ3n) is 4.18. The van der Waals surface area contributed by atoms with Crippen LogP contribution >= 0.6 is 11.8 Å². The van der Waals surface area contributed by atoms with E-state index in [0.717, 1.165) is 12.1 Å². The lowest BCUT2D eigenvalue weighted by Crippen LogP contribution is -2.55. The number of hydrogen-bond acceptors (Lipinski definition) is 3. The number of nitrogens with zero attached hydrogens (tertiary/aromatic N) is 1. The lowest BCUT2D eigenvalue weighted by Gasteiger charge is -2.48. The Bertz CT molecular complexity index is 196. The maximum atomic E-state index is 6.13. The zero-order valence-electron chi connectivity index (χ0n) is 10.5. The molecule has 2 aliphatic rings. The van der Waals surface area contributed by atoms with E-state index < -0.39 is 0 Å². The summed E-state index contributed by atoms with van der Waals surface area (Å²) in [6.07, 6.45) is 11.7. The van der Waals surface area contributed by atoms with Gasteiger partial charge >= 0.3 is 0 Å². The molecule has 0 spiro atoms. The molecule has 2 rings (SSSR count). The molecule has 2 bridgehead atoms. The Hall–Kier alpha value is 0.270. The van der Waals surface area contributed by atoms with Gasteiger partial charge in [0.2, 0.25) is 0 Å². The fourth-order valence-electron chi connectivity index (χ4n) is 3.43. The van der Waals surface area contributed by atoms with Crippen LogP contribution in [0.2, 0.25) is 0 Å². The summed E-state index contributed by atoms with van der Waals surface area (Å²) in [5, 5.41) is 0. The second kappa shape index (κ2) is 6.27. The Labute approximate surface area is 104 Å². The van der Waals surface area contributed by atoms with E-state index >= 15 is 0 Å². The molecule has 3 heteroatoms. The highest BCUT2D eigenvalue weighted by atomic mass is 32.2. The molecular formula is C13H26N2S. The Morgan fingerprint density at radius 2 is 1.88 bits per heavy atom. The van der Waals surface area contributed by atoms with E-state index in [1.165, 1.54) is 57.2 Å². The van der Waals surface area contributed by atoms with Gasteiger partial charge in [-0.2, -0.15) is 11.8 Å². The lowest BCUT2D eigenvalue weighted by atomic mass is 9.82. The summed E-state index contributed by atoms with van der Waals surface area (Å²) in [6, 6.07) is 2.12. The molecule has 0 aliphatic carbocycles. The van der Waals surface area contributed by atoms with E-state index in [0.29, 0.717) is 6.04 Å². The highest BCUT2D eigenvalue weighted by Gasteiger charge is 2.36. The summed E-state index contributed by atoms with van der Waals surface area (Å²) in [5.41, 5.74) is 6.13. The van der Waals surface area contributed by atoms with E-state index in [2.05, 4.69) is 11.2 Å². The van der Waals surface area contributed by atoms with Crippen molar-refractivity contribution in [3.8, 4) is 0 Å². The number of thioether (sulfide) groups is 1. The van der Waals surface area contributed by atoms with Crippen molar-refractivity contribution in [2.24, 2.45) is 5.73 Å². The van der Waals surface area contributed by atoms with Crippen LogP contribution < -0.4 is 5.73 Å². The predicted octanol–water partition coefficient (Wildman–Crippen LogP) is 2.47. The maximum absolute atomic E-state index is 6.13. The molecule has 16 heavy (non-hydrogen) atoms. The minimum atomic E-state index is 0.484. The average molecular weight is 242 g/mol. The van der Waals surface area contributed by atoms with Gasteiger partial charge in [0.25, 0.3) is 0 Å². The summed E-state index contributed by atoms with van der Waals surface area (Å²) in [5.74, 6) is 1.32. The van der Waals surface area contributed by atoms with Crippen molar-refractivity contribution < 1.29 is 0 Å². The Kier molecular flexibility index (Phi) is 4.98. The first-order valence-electron chi connectivity index (χ1n) is 6.81. The van der Waals surface area contributed by atoms with E-state index in [1.807, 2.05) is 11.8 Å². The molecule has 0 saturated carbocycles. The Balaban J connectivity index is 1.79. The second-order valence-corrected chi connectivity index (χ2v) is 6.39. The monoisotopic (exact) mass is 242 g/mol. The molecule has 0 aromatic heterocycles. The fraction of sp³-hybridized carbons (Fsp3) is 1.00. The molecule has 0 amide bonds.